The lowest BCUT2D eigenvalue weighted by Crippen LogP contribution is -2.11. The van der Waals surface area contributed by atoms with Gasteiger partial charge in [0, 0.05) is 24.8 Å². The molecule has 0 aliphatic heterocycles. The Bertz CT molecular complexity index is 547. The molecule has 0 fully saturated rings. The number of hydrogen-bond donors (Lipinski definition) is 2. The third-order valence-corrected chi connectivity index (χ3v) is 2.67. The van der Waals surface area contributed by atoms with Gasteiger partial charge in [0.2, 0.25) is 5.91 Å². The van der Waals surface area contributed by atoms with Gasteiger partial charge in [-0.1, -0.05) is 12.1 Å². The van der Waals surface area contributed by atoms with Crippen LogP contribution in [0.3, 0.4) is 0 Å². The Morgan fingerprint density at radius 2 is 2.33 bits per heavy atom. The third-order valence-electron chi connectivity index (χ3n) is 2.67. The zero-order valence-electron chi connectivity index (χ0n) is 10.3. The first-order valence-corrected chi connectivity index (χ1v) is 5.84. The molecular formula is C13H16N4O. The molecule has 0 saturated carbocycles. The number of rotatable bonds is 5. The number of aryl methyl sites for hydroxylation is 1. The summed E-state index contributed by atoms with van der Waals surface area (Å²) < 4.78 is 1.85. The van der Waals surface area contributed by atoms with E-state index in [1.165, 1.54) is 0 Å². The fourth-order valence-corrected chi connectivity index (χ4v) is 1.67. The van der Waals surface area contributed by atoms with Gasteiger partial charge in [0.05, 0.1) is 11.9 Å². The second-order valence-electron chi connectivity index (χ2n) is 4.00. The minimum Gasteiger partial charge on any atom is -0.378 e. The number of carbonyl (C=O) groups is 1. The Balaban J connectivity index is 2.01. The summed E-state index contributed by atoms with van der Waals surface area (Å²) in [6.07, 6.45) is 3.72. The highest BCUT2D eigenvalue weighted by molar-refractivity contribution is 5.92. The van der Waals surface area contributed by atoms with Gasteiger partial charge in [-0.25, -0.2) is 0 Å². The van der Waals surface area contributed by atoms with Crippen molar-refractivity contribution in [3.05, 3.63) is 47.8 Å². The van der Waals surface area contributed by atoms with Gasteiger partial charge in [0.1, 0.15) is 0 Å². The fraction of sp³-hybridized carbons (Fsp3) is 0.231. The summed E-state index contributed by atoms with van der Waals surface area (Å²) in [5.41, 5.74) is 7.73. The Morgan fingerprint density at radius 1 is 1.50 bits per heavy atom. The lowest BCUT2D eigenvalue weighted by molar-refractivity contribution is 0.1000. The summed E-state index contributed by atoms with van der Waals surface area (Å²) in [5, 5.41) is 7.42. The number of anilines is 1. The second kappa shape index (κ2) is 5.35. The van der Waals surface area contributed by atoms with E-state index in [1.54, 1.807) is 18.3 Å². The van der Waals surface area contributed by atoms with Crippen LogP contribution in [0.15, 0.2) is 36.7 Å². The number of aromatic nitrogens is 2. The van der Waals surface area contributed by atoms with E-state index in [0.717, 1.165) is 17.8 Å². The van der Waals surface area contributed by atoms with Crippen LogP contribution in [-0.4, -0.2) is 15.7 Å². The first-order chi connectivity index (χ1) is 8.69. The van der Waals surface area contributed by atoms with E-state index in [-0.39, 0.29) is 0 Å². The number of nitrogens with one attached hydrogen (secondary N) is 1. The zero-order valence-corrected chi connectivity index (χ0v) is 10.3. The number of nitrogens with zero attached hydrogens (tertiary/aromatic N) is 2. The molecule has 5 nitrogen and oxygen atoms in total. The number of amides is 1. The predicted molar refractivity (Wildman–Crippen MR) is 70.2 cm³/mol. The predicted octanol–water partition coefficient (Wildman–Crippen LogP) is 1.61. The van der Waals surface area contributed by atoms with Crippen LogP contribution in [0.25, 0.3) is 0 Å². The van der Waals surface area contributed by atoms with E-state index in [4.69, 9.17) is 5.73 Å². The van der Waals surface area contributed by atoms with Gasteiger partial charge in [-0.2, -0.15) is 5.10 Å². The van der Waals surface area contributed by atoms with Gasteiger partial charge >= 0.3 is 0 Å². The number of nitrogens with two attached hydrogens (primary N) is 1. The van der Waals surface area contributed by atoms with Crippen molar-refractivity contribution in [1.29, 1.82) is 0 Å². The molecule has 0 unspecified atom stereocenters. The van der Waals surface area contributed by atoms with Gasteiger partial charge < -0.3 is 11.1 Å². The Kier molecular flexibility index (Phi) is 3.62. The van der Waals surface area contributed by atoms with Crippen LogP contribution >= 0.6 is 0 Å². The highest BCUT2D eigenvalue weighted by atomic mass is 16.1. The summed E-state index contributed by atoms with van der Waals surface area (Å²) in [5.74, 6) is -0.407. The molecule has 18 heavy (non-hydrogen) atoms. The minimum absolute atomic E-state index is 0.407. The lowest BCUT2D eigenvalue weighted by atomic mass is 10.1. The van der Waals surface area contributed by atoms with E-state index in [2.05, 4.69) is 10.4 Å². The standard InChI is InChI=1S/C13H16N4O/c1-2-17-9-12(8-16-17)15-7-10-4-3-5-11(6-10)13(14)18/h3-6,8-9,15H,2,7H2,1H3,(H2,14,18). The normalized spacial score (nSPS) is 10.3. The Morgan fingerprint density at radius 3 is 3.00 bits per heavy atom. The molecule has 2 rings (SSSR count). The third kappa shape index (κ3) is 2.88. The maximum absolute atomic E-state index is 11.1. The van der Waals surface area contributed by atoms with Crippen LogP contribution in [0.2, 0.25) is 0 Å². The van der Waals surface area contributed by atoms with Gasteiger partial charge in [0.15, 0.2) is 0 Å². The molecule has 5 heteroatoms. The molecule has 94 valence electrons. The van der Waals surface area contributed by atoms with E-state index in [1.807, 2.05) is 29.9 Å². The van der Waals surface area contributed by atoms with Gasteiger partial charge in [-0.05, 0) is 24.6 Å². The van der Waals surface area contributed by atoms with Crippen molar-refractivity contribution >= 4 is 11.6 Å². The molecule has 1 heterocycles. The first-order valence-electron chi connectivity index (χ1n) is 5.84. The van der Waals surface area contributed by atoms with Crippen molar-refractivity contribution in [3.63, 3.8) is 0 Å². The molecule has 0 atom stereocenters. The SMILES string of the molecule is CCn1cc(NCc2cccc(C(N)=O)c2)cn1. The maximum Gasteiger partial charge on any atom is 0.248 e. The molecule has 0 aliphatic carbocycles. The maximum atomic E-state index is 11.1. The van der Waals surface area contributed by atoms with E-state index >= 15 is 0 Å². The van der Waals surface area contributed by atoms with E-state index in [9.17, 15) is 4.79 Å². The summed E-state index contributed by atoms with van der Waals surface area (Å²) in [4.78, 5) is 11.1. The first kappa shape index (κ1) is 12.2. The molecule has 1 amide bonds. The van der Waals surface area contributed by atoms with Crippen molar-refractivity contribution in [2.75, 3.05) is 5.32 Å². The van der Waals surface area contributed by atoms with Crippen LogP contribution in [0.5, 0.6) is 0 Å². The largest absolute Gasteiger partial charge is 0.378 e. The fourth-order valence-electron chi connectivity index (χ4n) is 1.67. The zero-order chi connectivity index (χ0) is 13.0. The average Bonchev–Trinajstić information content (AvgIpc) is 2.84. The molecule has 0 spiro atoms. The smallest absolute Gasteiger partial charge is 0.248 e. The van der Waals surface area contributed by atoms with Crippen LogP contribution in [0.4, 0.5) is 5.69 Å². The number of primary amides is 1. The molecule has 0 saturated heterocycles. The molecule has 0 bridgehead atoms. The highest BCUT2D eigenvalue weighted by Gasteiger charge is 2.02. The van der Waals surface area contributed by atoms with Crippen LogP contribution < -0.4 is 11.1 Å². The minimum atomic E-state index is -0.407. The summed E-state index contributed by atoms with van der Waals surface area (Å²) in [6, 6.07) is 7.27. The number of carbonyl (C=O) groups excluding carboxylic acids is 1. The van der Waals surface area contributed by atoms with Crippen molar-refractivity contribution in [3.8, 4) is 0 Å². The van der Waals surface area contributed by atoms with E-state index in [0.29, 0.717) is 12.1 Å². The Hall–Kier alpha value is -2.30. The molecule has 1 aromatic carbocycles. The molecule has 0 aliphatic rings. The van der Waals surface area contributed by atoms with Crippen molar-refractivity contribution < 1.29 is 4.79 Å². The van der Waals surface area contributed by atoms with Crippen molar-refractivity contribution in [2.24, 2.45) is 5.73 Å². The number of benzene rings is 1. The van der Waals surface area contributed by atoms with Crippen LogP contribution in [0.1, 0.15) is 22.8 Å². The summed E-state index contributed by atoms with van der Waals surface area (Å²) in [6.45, 7) is 3.52. The van der Waals surface area contributed by atoms with Gasteiger partial charge in [-0.15, -0.1) is 0 Å². The molecule has 3 N–H and O–H groups in total. The van der Waals surface area contributed by atoms with Gasteiger partial charge in [0.25, 0.3) is 0 Å². The van der Waals surface area contributed by atoms with Crippen molar-refractivity contribution in [2.45, 2.75) is 20.0 Å². The molecule has 0 radical (unpaired) electrons. The monoisotopic (exact) mass is 244 g/mol. The summed E-state index contributed by atoms with van der Waals surface area (Å²) in [7, 11) is 0. The number of hydrogen-bond acceptors (Lipinski definition) is 3. The highest BCUT2D eigenvalue weighted by Crippen LogP contribution is 2.09. The Labute approximate surface area is 106 Å². The van der Waals surface area contributed by atoms with Gasteiger partial charge in [-0.3, -0.25) is 9.48 Å². The van der Waals surface area contributed by atoms with E-state index < -0.39 is 5.91 Å². The molecular weight excluding hydrogens is 228 g/mol. The molecule has 2 aromatic rings. The second-order valence-corrected chi connectivity index (χ2v) is 4.00. The summed E-state index contributed by atoms with van der Waals surface area (Å²) >= 11 is 0. The average molecular weight is 244 g/mol. The van der Waals surface area contributed by atoms with Crippen LogP contribution in [0, 0.1) is 0 Å². The topological polar surface area (TPSA) is 72.9 Å². The quantitative estimate of drug-likeness (QED) is 0.839. The van der Waals surface area contributed by atoms with Crippen molar-refractivity contribution in [1.82, 2.24) is 9.78 Å². The lowest BCUT2D eigenvalue weighted by Gasteiger charge is -2.04. The molecule has 1 aromatic heterocycles. The van der Waals surface area contributed by atoms with Crippen LogP contribution in [-0.2, 0) is 13.1 Å².